The van der Waals surface area contributed by atoms with E-state index in [-0.39, 0.29) is 0 Å². The third-order valence-corrected chi connectivity index (χ3v) is 5.56. The lowest BCUT2D eigenvalue weighted by molar-refractivity contribution is 0.139. The Bertz CT molecular complexity index is 673. The molecule has 1 aliphatic heterocycles. The third-order valence-electron chi connectivity index (χ3n) is 5.25. The van der Waals surface area contributed by atoms with Crippen LogP contribution in [0.3, 0.4) is 0 Å². The van der Waals surface area contributed by atoms with E-state index in [0.717, 1.165) is 11.6 Å². The molecule has 0 bridgehead atoms. The van der Waals surface area contributed by atoms with Gasteiger partial charge in [0.1, 0.15) is 0 Å². The molecule has 1 atom stereocenters. The van der Waals surface area contributed by atoms with Gasteiger partial charge in [0.15, 0.2) is 0 Å². The van der Waals surface area contributed by atoms with Gasteiger partial charge in [0.25, 0.3) is 0 Å². The van der Waals surface area contributed by atoms with Gasteiger partial charge in [0.2, 0.25) is 0 Å². The molecule has 0 saturated carbocycles. The molecule has 2 aromatic rings. The minimum Gasteiger partial charge on any atom is -0.340 e. The van der Waals surface area contributed by atoms with Gasteiger partial charge in [-0.1, -0.05) is 37.1 Å². The van der Waals surface area contributed by atoms with Gasteiger partial charge in [0.05, 0.1) is 16.6 Å². The minimum atomic E-state index is 0.623. The smallest absolute Gasteiger partial charge is 0.0675 e. The molecule has 0 radical (unpaired) electrons. The Morgan fingerprint density at radius 3 is 3.05 bits per heavy atom. The van der Waals surface area contributed by atoms with Crippen LogP contribution in [-0.4, -0.2) is 22.6 Å². The van der Waals surface area contributed by atoms with Crippen molar-refractivity contribution in [2.75, 3.05) is 13.1 Å². The Kier molecular flexibility index (Phi) is 3.47. The Hall–Kier alpha value is -0.990. The van der Waals surface area contributed by atoms with E-state index >= 15 is 0 Å². The maximum absolute atomic E-state index is 6.52. The molecular weight excluding hydrogens is 280 g/mol. The summed E-state index contributed by atoms with van der Waals surface area (Å²) in [6.07, 6.45) is 6.44. The van der Waals surface area contributed by atoms with Gasteiger partial charge in [0, 0.05) is 24.2 Å². The average molecular weight is 303 g/mol. The number of para-hydroxylation sites is 1. The first-order chi connectivity index (χ1) is 10.3. The second-order valence-corrected chi connectivity index (χ2v) is 6.86. The number of aryl methyl sites for hydroxylation is 1. The van der Waals surface area contributed by atoms with Gasteiger partial charge in [-0.05, 0) is 43.9 Å². The second-order valence-electron chi connectivity index (χ2n) is 6.45. The summed E-state index contributed by atoms with van der Waals surface area (Å²) in [7, 11) is 0. The molecule has 1 aromatic carbocycles. The molecule has 2 heterocycles. The van der Waals surface area contributed by atoms with Crippen LogP contribution >= 0.6 is 11.6 Å². The molecule has 2 nitrogen and oxygen atoms in total. The number of hydrogen-bond donors (Lipinski definition) is 0. The van der Waals surface area contributed by atoms with E-state index in [1.165, 1.54) is 56.1 Å². The third kappa shape index (κ3) is 2.03. The standard InChI is InChI=1S/C18H23ClN2/c1-2-3-10-20-11-12-21-17-13(6-4-8-15(17)19)14-7-5-9-16(20)18(14)21/h4,6,8,16H,2-3,5,7,9-12H2,1H3. The topological polar surface area (TPSA) is 8.17 Å². The summed E-state index contributed by atoms with van der Waals surface area (Å²) in [5.41, 5.74) is 4.43. The zero-order chi connectivity index (χ0) is 14.4. The molecule has 0 N–H and O–H groups in total. The summed E-state index contributed by atoms with van der Waals surface area (Å²) < 4.78 is 2.53. The summed E-state index contributed by atoms with van der Waals surface area (Å²) in [6.45, 7) is 5.80. The Morgan fingerprint density at radius 1 is 1.29 bits per heavy atom. The first-order valence-electron chi connectivity index (χ1n) is 8.34. The zero-order valence-corrected chi connectivity index (χ0v) is 13.5. The van der Waals surface area contributed by atoms with E-state index in [0.29, 0.717) is 6.04 Å². The van der Waals surface area contributed by atoms with Crippen LogP contribution in [0.5, 0.6) is 0 Å². The van der Waals surface area contributed by atoms with Crippen molar-refractivity contribution in [3.63, 3.8) is 0 Å². The van der Waals surface area contributed by atoms with Crippen molar-refractivity contribution in [2.45, 2.75) is 51.6 Å². The fraction of sp³-hybridized carbons (Fsp3) is 0.556. The van der Waals surface area contributed by atoms with Crippen LogP contribution < -0.4 is 0 Å². The molecule has 21 heavy (non-hydrogen) atoms. The maximum Gasteiger partial charge on any atom is 0.0675 e. The highest BCUT2D eigenvalue weighted by Crippen LogP contribution is 2.44. The lowest BCUT2D eigenvalue weighted by Crippen LogP contribution is -2.40. The molecule has 0 spiro atoms. The average Bonchev–Trinajstić information content (AvgIpc) is 2.84. The lowest BCUT2D eigenvalue weighted by Gasteiger charge is -2.40. The molecular formula is C18H23ClN2. The highest BCUT2D eigenvalue weighted by molar-refractivity contribution is 6.35. The van der Waals surface area contributed by atoms with E-state index in [1.54, 1.807) is 11.3 Å². The zero-order valence-electron chi connectivity index (χ0n) is 12.7. The SMILES string of the molecule is CCCCN1CCn2c3c(c4cccc(Cl)c42)CCCC31. The maximum atomic E-state index is 6.52. The number of aromatic nitrogens is 1. The van der Waals surface area contributed by atoms with Crippen molar-refractivity contribution >= 4 is 22.5 Å². The first kappa shape index (κ1) is 13.7. The quantitative estimate of drug-likeness (QED) is 0.791. The van der Waals surface area contributed by atoms with Gasteiger partial charge in [-0.15, -0.1) is 0 Å². The largest absolute Gasteiger partial charge is 0.340 e. The predicted octanol–water partition coefficient (Wildman–Crippen LogP) is 4.79. The molecule has 0 amide bonds. The molecule has 0 saturated heterocycles. The Labute approximate surface area is 131 Å². The number of rotatable bonds is 3. The number of nitrogens with zero attached hydrogens (tertiary/aromatic N) is 2. The molecule has 2 aliphatic rings. The Morgan fingerprint density at radius 2 is 2.19 bits per heavy atom. The fourth-order valence-electron chi connectivity index (χ4n) is 4.31. The highest BCUT2D eigenvalue weighted by atomic mass is 35.5. The van der Waals surface area contributed by atoms with Crippen molar-refractivity contribution in [3.05, 3.63) is 34.5 Å². The van der Waals surface area contributed by atoms with Gasteiger partial charge >= 0.3 is 0 Å². The van der Waals surface area contributed by atoms with Gasteiger partial charge in [-0.3, -0.25) is 4.90 Å². The lowest BCUT2D eigenvalue weighted by atomic mass is 9.89. The van der Waals surface area contributed by atoms with Crippen molar-refractivity contribution in [2.24, 2.45) is 0 Å². The first-order valence-corrected chi connectivity index (χ1v) is 8.72. The van der Waals surface area contributed by atoms with Gasteiger partial charge in [-0.2, -0.15) is 0 Å². The minimum absolute atomic E-state index is 0.623. The number of hydrogen-bond acceptors (Lipinski definition) is 1. The summed E-state index contributed by atoms with van der Waals surface area (Å²) >= 11 is 6.52. The molecule has 3 heteroatoms. The van der Waals surface area contributed by atoms with Crippen LogP contribution in [0.25, 0.3) is 10.9 Å². The van der Waals surface area contributed by atoms with E-state index in [1.807, 2.05) is 6.07 Å². The number of benzene rings is 1. The fourth-order valence-corrected chi connectivity index (χ4v) is 4.58. The summed E-state index contributed by atoms with van der Waals surface area (Å²) in [4.78, 5) is 2.72. The van der Waals surface area contributed by atoms with Crippen LogP contribution in [0.1, 0.15) is 49.9 Å². The van der Waals surface area contributed by atoms with Crippen molar-refractivity contribution in [3.8, 4) is 0 Å². The number of fused-ring (bicyclic) bond motifs is 3. The van der Waals surface area contributed by atoms with Crippen LogP contribution in [0.15, 0.2) is 18.2 Å². The monoisotopic (exact) mass is 302 g/mol. The van der Waals surface area contributed by atoms with Crippen LogP contribution in [0.2, 0.25) is 5.02 Å². The number of halogens is 1. The van der Waals surface area contributed by atoms with Crippen molar-refractivity contribution in [1.82, 2.24) is 9.47 Å². The molecule has 112 valence electrons. The molecule has 1 unspecified atom stereocenters. The van der Waals surface area contributed by atoms with Crippen LogP contribution in [0, 0.1) is 0 Å². The van der Waals surface area contributed by atoms with E-state index in [4.69, 9.17) is 11.6 Å². The van der Waals surface area contributed by atoms with Gasteiger partial charge < -0.3 is 4.57 Å². The molecule has 1 aliphatic carbocycles. The van der Waals surface area contributed by atoms with E-state index < -0.39 is 0 Å². The van der Waals surface area contributed by atoms with Crippen LogP contribution in [-0.2, 0) is 13.0 Å². The van der Waals surface area contributed by atoms with Crippen LogP contribution in [0.4, 0.5) is 0 Å². The number of unbranched alkanes of at least 4 members (excludes halogenated alkanes) is 1. The molecule has 1 aromatic heterocycles. The van der Waals surface area contributed by atoms with E-state index in [2.05, 4.69) is 28.5 Å². The van der Waals surface area contributed by atoms with Crippen molar-refractivity contribution in [1.29, 1.82) is 0 Å². The summed E-state index contributed by atoms with van der Waals surface area (Å²) in [5, 5.41) is 2.32. The summed E-state index contributed by atoms with van der Waals surface area (Å²) in [6, 6.07) is 7.03. The van der Waals surface area contributed by atoms with Gasteiger partial charge in [-0.25, -0.2) is 0 Å². The predicted molar refractivity (Wildman–Crippen MR) is 89.1 cm³/mol. The molecule has 0 fully saturated rings. The highest BCUT2D eigenvalue weighted by Gasteiger charge is 2.34. The molecule has 4 rings (SSSR count). The second kappa shape index (κ2) is 5.33. The normalized spacial score (nSPS) is 21.7. The van der Waals surface area contributed by atoms with E-state index in [9.17, 15) is 0 Å². The summed E-state index contributed by atoms with van der Waals surface area (Å²) in [5.74, 6) is 0. The van der Waals surface area contributed by atoms with Crippen molar-refractivity contribution < 1.29 is 0 Å². The Balaban J connectivity index is 1.86.